The van der Waals surface area contributed by atoms with E-state index >= 15 is 0 Å². The van der Waals surface area contributed by atoms with Gasteiger partial charge in [-0.3, -0.25) is 4.79 Å². The van der Waals surface area contributed by atoms with E-state index < -0.39 is 9.05 Å². The molecule has 1 aromatic carbocycles. The van der Waals surface area contributed by atoms with Crippen LogP contribution in [0.5, 0.6) is 0 Å². The highest BCUT2D eigenvalue weighted by Gasteiger charge is 2.32. The van der Waals surface area contributed by atoms with Crippen LogP contribution in [-0.4, -0.2) is 45.9 Å². The fraction of sp³-hybridized carbons (Fsp3) is 0.500. The lowest BCUT2D eigenvalue weighted by molar-refractivity contribution is 0.0752. The molecule has 1 aliphatic rings. The smallest absolute Gasteiger partial charge is 0.263 e. The van der Waals surface area contributed by atoms with E-state index in [0.29, 0.717) is 17.8 Å². The molecule has 0 heterocycles. The van der Waals surface area contributed by atoms with Gasteiger partial charge in [0, 0.05) is 42.9 Å². The fourth-order valence-electron chi connectivity index (χ4n) is 2.33. The van der Waals surface area contributed by atoms with Crippen molar-refractivity contribution >= 4 is 31.3 Å². The first-order chi connectivity index (χ1) is 9.75. The Morgan fingerprint density at radius 2 is 1.95 bits per heavy atom. The summed E-state index contributed by atoms with van der Waals surface area (Å²) >= 11 is 0. The molecule has 116 valence electrons. The van der Waals surface area contributed by atoms with Gasteiger partial charge in [0.15, 0.2) is 0 Å². The molecule has 0 radical (unpaired) electrons. The second-order valence-corrected chi connectivity index (χ2v) is 7.87. The number of rotatable bonds is 5. The molecule has 0 N–H and O–H groups in total. The van der Waals surface area contributed by atoms with Crippen molar-refractivity contribution in [3.05, 3.63) is 23.8 Å². The zero-order valence-electron chi connectivity index (χ0n) is 12.3. The van der Waals surface area contributed by atoms with Crippen LogP contribution < -0.4 is 4.90 Å². The molecule has 1 aromatic rings. The van der Waals surface area contributed by atoms with E-state index in [4.69, 9.17) is 10.7 Å². The molecular formula is C14H19ClN2O3S. The van der Waals surface area contributed by atoms with E-state index in [2.05, 4.69) is 0 Å². The standard InChI is InChI=1S/C14H19ClN2O3S/c1-4-17(11-6-7-11)14(18)10-5-8-12(16(2)3)13(9-10)21(15,19)20/h5,8-9,11H,4,6-7H2,1-3H3. The van der Waals surface area contributed by atoms with Crippen LogP contribution in [0.15, 0.2) is 23.1 Å². The minimum Gasteiger partial charge on any atom is -0.377 e. The first-order valence-electron chi connectivity index (χ1n) is 6.82. The van der Waals surface area contributed by atoms with Gasteiger partial charge in [-0.2, -0.15) is 0 Å². The second kappa shape index (κ2) is 5.85. The fourth-order valence-corrected chi connectivity index (χ4v) is 3.47. The van der Waals surface area contributed by atoms with E-state index in [1.54, 1.807) is 36.0 Å². The monoisotopic (exact) mass is 330 g/mol. The number of benzene rings is 1. The van der Waals surface area contributed by atoms with Crippen LogP contribution in [0.3, 0.4) is 0 Å². The third-order valence-electron chi connectivity index (χ3n) is 3.54. The lowest BCUT2D eigenvalue weighted by Gasteiger charge is -2.22. The summed E-state index contributed by atoms with van der Waals surface area (Å²) in [6, 6.07) is 4.91. The molecule has 2 rings (SSSR count). The van der Waals surface area contributed by atoms with Crippen LogP contribution in [0.4, 0.5) is 5.69 Å². The summed E-state index contributed by atoms with van der Waals surface area (Å²) in [6.07, 6.45) is 2.02. The largest absolute Gasteiger partial charge is 0.377 e. The molecular weight excluding hydrogens is 312 g/mol. The van der Waals surface area contributed by atoms with Crippen LogP contribution in [0.25, 0.3) is 0 Å². The molecule has 1 amide bonds. The quantitative estimate of drug-likeness (QED) is 0.777. The molecule has 0 bridgehead atoms. The summed E-state index contributed by atoms with van der Waals surface area (Å²) in [5.74, 6) is -0.146. The van der Waals surface area contributed by atoms with E-state index in [1.807, 2.05) is 6.92 Å². The van der Waals surface area contributed by atoms with E-state index in [-0.39, 0.29) is 16.8 Å². The van der Waals surface area contributed by atoms with Crippen molar-refractivity contribution < 1.29 is 13.2 Å². The summed E-state index contributed by atoms with van der Waals surface area (Å²) in [5, 5.41) is 0. The Morgan fingerprint density at radius 1 is 1.33 bits per heavy atom. The van der Waals surface area contributed by atoms with Gasteiger partial charge in [-0.25, -0.2) is 8.42 Å². The Kier molecular flexibility index (Phi) is 4.49. The van der Waals surface area contributed by atoms with Gasteiger partial charge in [0.05, 0.1) is 5.69 Å². The first kappa shape index (κ1) is 16.1. The highest BCUT2D eigenvalue weighted by molar-refractivity contribution is 8.13. The van der Waals surface area contributed by atoms with Crippen molar-refractivity contribution in [1.29, 1.82) is 0 Å². The van der Waals surface area contributed by atoms with Crippen LogP contribution >= 0.6 is 10.7 Å². The number of hydrogen-bond acceptors (Lipinski definition) is 4. The average Bonchev–Trinajstić information content (AvgIpc) is 3.22. The summed E-state index contributed by atoms with van der Waals surface area (Å²) in [4.78, 5) is 15.9. The van der Waals surface area contributed by atoms with Gasteiger partial charge in [0.25, 0.3) is 15.0 Å². The highest BCUT2D eigenvalue weighted by Crippen LogP contribution is 2.31. The predicted octanol–water partition coefficient (Wildman–Crippen LogP) is 2.30. The molecule has 0 saturated heterocycles. The summed E-state index contributed by atoms with van der Waals surface area (Å²) in [6.45, 7) is 2.53. The van der Waals surface area contributed by atoms with Crippen molar-refractivity contribution in [3.63, 3.8) is 0 Å². The average molecular weight is 331 g/mol. The summed E-state index contributed by atoms with van der Waals surface area (Å²) in [5.41, 5.74) is 0.824. The van der Waals surface area contributed by atoms with Crippen molar-refractivity contribution in [2.45, 2.75) is 30.7 Å². The maximum Gasteiger partial charge on any atom is 0.263 e. The highest BCUT2D eigenvalue weighted by atomic mass is 35.7. The minimum atomic E-state index is -3.91. The Morgan fingerprint density at radius 3 is 2.38 bits per heavy atom. The Labute approximate surface area is 129 Å². The Balaban J connectivity index is 2.44. The molecule has 0 aromatic heterocycles. The van der Waals surface area contributed by atoms with E-state index in [0.717, 1.165) is 12.8 Å². The Bertz CT molecular complexity index is 654. The predicted molar refractivity (Wildman–Crippen MR) is 83.5 cm³/mol. The number of amides is 1. The summed E-state index contributed by atoms with van der Waals surface area (Å²) in [7, 11) is 5.04. The molecule has 1 aliphatic carbocycles. The lowest BCUT2D eigenvalue weighted by atomic mass is 10.1. The van der Waals surface area contributed by atoms with Gasteiger partial charge in [-0.1, -0.05) is 0 Å². The maximum atomic E-state index is 12.5. The summed E-state index contributed by atoms with van der Waals surface area (Å²) < 4.78 is 23.5. The zero-order valence-corrected chi connectivity index (χ0v) is 13.9. The molecule has 0 atom stereocenters. The van der Waals surface area contributed by atoms with Gasteiger partial charge in [-0.05, 0) is 38.0 Å². The van der Waals surface area contributed by atoms with Crippen molar-refractivity contribution in [1.82, 2.24) is 4.90 Å². The number of halogens is 1. The maximum absolute atomic E-state index is 12.5. The number of nitrogens with zero attached hydrogens (tertiary/aromatic N) is 2. The number of hydrogen-bond donors (Lipinski definition) is 0. The lowest BCUT2D eigenvalue weighted by Crippen LogP contribution is -2.33. The zero-order chi connectivity index (χ0) is 15.8. The normalized spacial score (nSPS) is 14.9. The molecule has 0 aliphatic heterocycles. The molecule has 7 heteroatoms. The van der Waals surface area contributed by atoms with Crippen LogP contribution in [-0.2, 0) is 9.05 Å². The van der Waals surface area contributed by atoms with Crippen LogP contribution in [0.1, 0.15) is 30.1 Å². The molecule has 5 nitrogen and oxygen atoms in total. The molecule has 0 spiro atoms. The first-order valence-corrected chi connectivity index (χ1v) is 9.13. The van der Waals surface area contributed by atoms with Crippen molar-refractivity contribution in [3.8, 4) is 0 Å². The molecule has 1 saturated carbocycles. The van der Waals surface area contributed by atoms with E-state index in [1.165, 1.54) is 6.07 Å². The van der Waals surface area contributed by atoms with Crippen LogP contribution in [0, 0.1) is 0 Å². The topological polar surface area (TPSA) is 57.7 Å². The van der Waals surface area contributed by atoms with Gasteiger partial charge in [-0.15, -0.1) is 0 Å². The number of carbonyl (C=O) groups excluding carboxylic acids is 1. The van der Waals surface area contributed by atoms with Crippen molar-refractivity contribution in [2.75, 3.05) is 25.5 Å². The minimum absolute atomic E-state index is 0.0353. The molecule has 1 fully saturated rings. The number of anilines is 1. The molecule has 21 heavy (non-hydrogen) atoms. The van der Waals surface area contributed by atoms with Gasteiger partial charge in [0.2, 0.25) is 0 Å². The second-order valence-electron chi connectivity index (χ2n) is 5.34. The van der Waals surface area contributed by atoms with E-state index in [9.17, 15) is 13.2 Å². The number of carbonyl (C=O) groups is 1. The Hall–Kier alpha value is -1.27. The third kappa shape index (κ3) is 3.49. The van der Waals surface area contributed by atoms with Crippen molar-refractivity contribution in [2.24, 2.45) is 0 Å². The van der Waals surface area contributed by atoms with Gasteiger partial charge in [0.1, 0.15) is 4.90 Å². The van der Waals surface area contributed by atoms with Gasteiger partial charge >= 0.3 is 0 Å². The van der Waals surface area contributed by atoms with Gasteiger partial charge < -0.3 is 9.80 Å². The molecule has 0 unspecified atom stereocenters. The SMILES string of the molecule is CCN(C(=O)c1ccc(N(C)C)c(S(=O)(=O)Cl)c1)C1CC1. The van der Waals surface area contributed by atoms with Crippen LogP contribution in [0.2, 0.25) is 0 Å². The third-order valence-corrected chi connectivity index (χ3v) is 4.89.